The second-order valence-corrected chi connectivity index (χ2v) is 6.85. The Bertz CT molecular complexity index is 172. The van der Waals surface area contributed by atoms with Gasteiger partial charge in [-0.25, -0.2) is 0 Å². The first kappa shape index (κ1) is 17.9. The third-order valence-electron chi connectivity index (χ3n) is 3.62. The molecule has 0 aliphatic heterocycles. The molecule has 0 saturated carbocycles. The normalized spacial score (nSPS) is 13.8. The average Bonchev–Trinajstić information content (AvgIpc) is 2.29. The van der Waals surface area contributed by atoms with E-state index >= 15 is 0 Å². The van der Waals surface area contributed by atoms with E-state index in [9.17, 15) is 0 Å². The van der Waals surface area contributed by atoms with Gasteiger partial charge in [0, 0.05) is 0 Å². The monoisotopic (exact) mass is 257 g/mol. The summed E-state index contributed by atoms with van der Waals surface area (Å²) in [4.78, 5) is 0. The zero-order chi connectivity index (χ0) is 13.9. The van der Waals surface area contributed by atoms with Crippen LogP contribution in [-0.2, 0) is 0 Å². The van der Waals surface area contributed by atoms with E-state index in [4.69, 9.17) is 0 Å². The number of hydrogen-bond acceptors (Lipinski definition) is 1. The lowest BCUT2D eigenvalue weighted by atomic mass is 10.1. The highest BCUT2D eigenvalue weighted by Gasteiger charge is 2.04. The van der Waals surface area contributed by atoms with Gasteiger partial charge in [0.2, 0.25) is 0 Å². The van der Waals surface area contributed by atoms with Crippen LogP contribution in [-0.4, -0.2) is 45.3 Å². The van der Waals surface area contributed by atoms with Crippen LogP contribution in [0.2, 0.25) is 0 Å². The van der Waals surface area contributed by atoms with Crippen molar-refractivity contribution in [3.8, 4) is 0 Å². The summed E-state index contributed by atoms with van der Waals surface area (Å²) in [7, 11) is 6.84. The lowest BCUT2D eigenvalue weighted by molar-refractivity contribution is -0.870. The van der Waals surface area contributed by atoms with Crippen LogP contribution < -0.4 is 5.32 Å². The van der Waals surface area contributed by atoms with E-state index in [1.807, 2.05) is 0 Å². The first-order chi connectivity index (χ1) is 8.45. The van der Waals surface area contributed by atoms with Crippen molar-refractivity contribution in [2.75, 3.05) is 40.8 Å². The first-order valence-electron chi connectivity index (χ1n) is 7.97. The molecule has 2 nitrogen and oxygen atoms in total. The van der Waals surface area contributed by atoms with Gasteiger partial charge in [-0.2, -0.15) is 0 Å². The Hall–Kier alpha value is -0.0800. The molecule has 0 spiro atoms. The summed E-state index contributed by atoms with van der Waals surface area (Å²) < 4.78 is 1.11. The molecule has 1 unspecified atom stereocenters. The number of quaternary nitrogens is 1. The Kier molecular flexibility index (Phi) is 10.8. The number of nitrogens with one attached hydrogen (secondary N) is 1. The Morgan fingerprint density at radius 2 is 1.44 bits per heavy atom. The van der Waals surface area contributed by atoms with Gasteiger partial charge in [0.15, 0.2) is 0 Å². The highest BCUT2D eigenvalue weighted by Crippen LogP contribution is 2.07. The minimum atomic E-state index is 0.834. The standard InChI is InChI=1S/C16H37N2/c1-6-16(2)15-17-13-11-9-7-8-10-12-14-18(3,4)5/h16-17H,6-15H2,1-5H3/q+1. The predicted molar refractivity (Wildman–Crippen MR) is 82.9 cm³/mol. The Balaban J connectivity index is 3.08. The van der Waals surface area contributed by atoms with Gasteiger partial charge >= 0.3 is 0 Å². The summed E-state index contributed by atoms with van der Waals surface area (Å²) in [6.45, 7) is 8.31. The minimum absolute atomic E-state index is 0.834. The molecule has 18 heavy (non-hydrogen) atoms. The van der Waals surface area contributed by atoms with Gasteiger partial charge in [-0.3, -0.25) is 0 Å². The van der Waals surface area contributed by atoms with Crippen LogP contribution in [0.4, 0.5) is 0 Å². The van der Waals surface area contributed by atoms with E-state index < -0.39 is 0 Å². The van der Waals surface area contributed by atoms with Crippen molar-refractivity contribution in [1.82, 2.24) is 5.32 Å². The van der Waals surface area contributed by atoms with E-state index in [2.05, 4.69) is 40.3 Å². The SMILES string of the molecule is CCC(C)CNCCCCCCCC[N+](C)(C)C. The molecule has 1 N–H and O–H groups in total. The summed E-state index contributed by atoms with van der Waals surface area (Å²) in [6.07, 6.45) is 9.68. The maximum atomic E-state index is 3.56. The van der Waals surface area contributed by atoms with E-state index in [0.29, 0.717) is 0 Å². The van der Waals surface area contributed by atoms with Crippen LogP contribution >= 0.6 is 0 Å². The van der Waals surface area contributed by atoms with Gasteiger partial charge in [-0.15, -0.1) is 0 Å². The van der Waals surface area contributed by atoms with Gasteiger partial charge < -0.3 is 9.80 Å². The fraction of sp³-hybridized carbons (Fsp3) is 1.00. The highest BCUT2D eigenvalue weighted by molar-refractivity contribution is 4.55. The molecule has 0 radical (unpaired) electrons. The molecule has 0 aromatic heterocycles. The fourth-order valence-electron chi connectivity index (χ4n) is 2.04. The minimum Gasteiger partial charge on any atom is -0.331 e. The molecule has 0 saturated heterocycles. The molecule has 0 aliphatic rings. The summed E-state index contributed by atoms with van der Waals surface area (Å²) in [5.41, 5.74) is 0. The summed E-state index contributed by atoms with van der Waals surface area (Å²) in [6, 6.07) is 0. The predicted octanol–water partition coefficient (Wildman–Crippen LogP) is 3.67. The lowest BCUT2D eigenvalue weighted by Gasteiger charge is -2.23. The average molecular weight is 257 g/mol. The van der Waals surface area contributed by atoms with E-state index in [1.165, 1.54) is 64.6 Å². The number of hydrogen-bond donors (Lipinski definition) is 1. The van der Waals surface area contributed by atoms with E-state index in [1.54, 1.807) is 0 Å². The van der Waals surface area contributed by atoms with Crippen LogP contribution in [0, 0.1) is 5.92 Å². The summed E-state index contributed by atoms with van der Waals surface area (Å²) in [5, 5.41) is 3.56. The second-order valence-electron chi connectivity index (χ2n) is 6.85. The molecule has 0 rings (SSSR count). The van der Waals surface area contributed by atoms with Crippen LogP contribution in [0.3, 0.4) is 0 Å². The van der Waals surface area contributed by atoms with Crippen molar-refractivity contribution in [1.29, 1.82) is 0 Å². The Morgan fingerprint density at radius 3 is 2.00 bits per heavy atom. The summed E-state index contributed by atoms with van der Waals surface area (Å²) >= 11 is 0. The molecule has 2 heteroatoms. The molecule has 0 aromatic rings. The smallest absolute Gasteiger partial charge is 0.0780 e. The van der Waals surface area contributed by atoms with Crippen molar-refractivity contribution >= 4 is 0 Å². The number of nitrogens with zero attached hydrogens (tertiary/aromatic N) is 1. The maximum absolute atomic E-state index is 3.56. The van der Waals surface area contributed by atoms with Gasteiger partial charge in [-0.05, 0) is 38.3 Å². The van der Waals surface area contributed by atoms with Crippen LogP contribution in [0.1, 0.15) is 58.8 Å². The molecule has 0 fully saturated rings. The van der Waals surface area contributed by atoms with Crippen molar-refractivity contribution in [3.05, 3.63) is 0 Å². The fourth-order valence-corrected chi connectivity index (χ4v) is 2.04. The van der Waals surface area contributed by atoms with Crippen molar-refractivity contribution in [3.63, 3.8) is 0 Å². The lowest BCUT2D eigenvalue weighted by Crippen LogP contribution is -2.35. The highest BCUT2D eigenvalue weighted by atomic mass is 15.3. The van der Waals surface area contributed by atoms with E-state index in [-0.39, 0.29) is 0 Å². The largest absolute Gasteiger partial charge is 0.331 e. The van der Waals surface area contributed by atoms with Gasteiger partial charge in [0.05, 0.1) is 27.7 Å². The van der Waals surface area contributed by atoms with Crippen molar-refractivity contribution < 1.29 is 4.48 Å². The Morgan fingerprint density at radius 1 is 0.889 bits per heavy atom. The van der Waals surface area contributed by atoms with Crippen molar-refractivity contribution in [2.24, 2.45) is 5.92 Å². The molecular formula is C16H37N2+. The van der Waals surface area contributed by atoms with Gasteiger partial charge in [-0.1, -0.05) is 39.5 Å². The van der Waals surface area contributed by atoms with Gasteiger partial charge in [0.1, 0.15) is 0 Å². The molecule has 110 valence electrons. The third-order valence-corrected chi connectivity index (χ3v) is 3.62. The molecule has 1 atom stereocenters. The quantitative estimate of drug-likeness (QED) is 0.415. The Labute approximate surface area is 116 Å². The molecular weight excluding hydrogens is 220 g/mol. The maximum Gasteiger partial charge on any atom is 0.0780 e. The second kappa shape index (κ2) is 10.8. The zero-order valence-corrected chi connectivity index (χ0v) is 13.6. The van der Waals surface area contributed by atoms with Crippen LogP contribution in [0.25, 0.3) is 0 Å². The molecule has 0 aromatic carbocycles. The van der Waals surface area contributed by atoms with Crippen LogP contribution in [0.5, 0.6) is 0 Å². The number of rotatable bonds is 12. The summed E-state index contributed by atoms with van der Waals surface area (Å²) in [5.74, 6) is 0.834. The molecule has 0 heterocycles. The number of unbranched alkanes of at least 4 members (excludes halogenated alkanes) is 5. The zero-order valence-electron chi connectivity index (χ0n) is 13.6. The molecule has 0 amide bonds. The van der Waals surface area contributed by atoms with Crippen molar-refractivity contribution in [2.45, 2.75) is 58.8 Å². The topological polar surface area (TPSA) is 12.0 Å². The molecule has 0 bridgehead atoms. The van der Waals surface area contributed by atoms with Crippen LogP contribution in [0.15, 0.2) is 0 Å². The van der Waals surface area contributed by atoms with Gasteiger partial charge in [0.25, 0.3) is 0 Å². The first-order valence-corrected chi connectivity index (χ1v) is 7.97. The third kappa shape index (κ3) is 14.0. The van der Waals surface area contributed by atoms with E-state index in [0.717, 1.165) is 10.4 Å². The molecule has 0 aliphatic carbocycles.